The molecular formula is C16H26N2O3S. The predicted octanol–water partition coefficient (Wildman–Crippen LogP) is 2.38. The molecule has 0 saturated carbocycles. The molecule has 5 nitrogen and oxygen atoms in total. The standard InChI is InChI=1S/C16H26N2O3S/c1-5-6-11-22(20,21)17-9-10-18(15(4)19)16-8-7-13(2)14(3)12-16/h7-8,12,17H,5-6,9-11H2,1-4H3. The minimum atomic E-state index is -3.25. The molecular weight excluding hydrogens is 300 g/mol. The summed E-state index contributed by atoms with van der Waals surface area (Å²) < 4.78 is 26.1. The first kappa shape index (κ1) is 18.6. The smallest absolute Gasteiger partial charge is 0.223 e. The Kier molecular flexibility index (Phi) is 7.03. The van der Waals surface area contributed by atoms with Crippen LogP contribution in [0.2, 0.25) is 0 Å². The molecule has 0 fully saturated rings. The van der Waals surface area contributed by atoms with Crippen molar-refractivity contribution in [3.63, 3.8) is 0 Å². The van der Waals surface area contributed by atoms with Crippen molar-refractivity contribution in [2.45, 2.75) is 40.5 Å². The Hall–Kier alpha value is -1.40. The minimum Gasteiger partial charge on any atom is -0.311 e. The van der Waals surface area contributed by atoms with E-state index in [1.165, 1.54) is 6.92 Å². The third-order valence-electron chi connectivity index (χ3n) is 3.61. The lowest BCUT2D eigenvalue weighted by Crippen LogP contribution is -2.38. The molecule has 1 aromatic carbocycles. The molecule has 0 aliphatic heterocycles. The third kappa shape index (κ3) is 5.77. The Labute approximate surface area is 133 Å². The molecule has 0 radical (unpaired) electrons. The Morgan fingerprint density at radius 3 is 2.45 bits per heavy atom. The highest BCUT2D eigenvalue weighted by molar-refractivity contribution is 7.89. The quantitative estimate of drug-likeness (QED) is 0.797. The molecule has 1 N–H and O–H groups in total. The fraction of sp³-hybridized carbons (Fsp3) is 0.562. The molecule has 0 atom stereocenters. The van der Waals surface area contributed by atoms with Gasteiger partial charge in [0.25, 0.3) is 0 Å². The number of nitrogens with zero attached hydrogens (tertiary/aromatic N) is 1. The molecule has 0 aliphatic rings. The summed E-state index contributed by atoms with van der Waals surface area (Å²) in [7, 11) is -3.25. The van der Waals surface area contributed by atoms with E-state index in [1.54, 1.807) is 4.90 Å². The molecule has 0 aliphatic carbocycles. The fourth-order valence-corrected chi connectivity index (χ4v) is 3.30. The molecule has 6 heteroatoms. The van der Waals surface area contributed by atoms with Gasteiger partial charge in [-0.15, -0.1) is 0 Å². The van der Waals surface area contributed by atoms with Gasteiger partial charge < -0.3 is 4.90 Å². The van der Waals surface area contributed by atoms with Crippen LogP contribution in [0.15, 0.2) is 18.2 Å². The summed E-state index contributed by atoms with van der Waals surface area (Å²) >= 11 is 0. The van der Waals surface area contributed by atoms with Crippen LogP contribution in [-0.2, 0) is 14.8 Å². The number of rotatable bonds is 8. The second kappa shape index (κ2) is 8.29. The van der Waals surface area contributed by atoms with E-state index in [2.05, 4.69) is 4.72 Å². The number of sulfonamides is 1. The van der Waals surface area contributed by atoms with Gasteiger partial charge in [-0.3, -0.25) is 4.79 Å². The Morgan fingerprint density at radius 1 is 1.23 bits per heavy atom. The number of carbonyl (C=O) groups excluding carboxylic acids is 1. The van der Waals surface area contributed by atoms with Crippen LogP contribution in [0.5, 0.6) is 0 Å². The van der Waals surface area contributed by atoms with Crippen LogP contribution in [-0.4, -0.2) is 33.2 Å². The van der Waals surface area contributed by atoms with Gasteiger partial charge in [0, 0.05) is 25.7 Å². The van der Waals surface area contributed by atoms with Crippen molar-refractivity contribution in [1.82, 2.24) is 4.72 Å². The van der Waals surface area contributed by atoms with Gasteiger partial charge in [0.1, 0.15) is 0 Å². The number of nitrogens with one attached hydrogen (secondary N) is 1. The van der Waals surface area contributed by atoms with Crippen LogP contribution in [0.4, 0.5) is 5.69 Å². The van der Waals surface area contributed by atoms with Crippen molar-refractivity contribution in [2.75, 3.05) is 23.7 Å². The van der Waals surface area contributed by atoms with Gasteiger partial charge >= 0.3 is 0 Å². The molecule has 0 heterocycles. The highest BCUT2D eigenvalue weighted by atomic mass is 32.2. The normalized spacial score (nSPS) is 11.5. The summed E-state index contributed by atoms with van der Waals surface area (Å²) in [4.78, 5) is 13.4. The number of amides is 1. The van der Waals surface area contributed by atoms with E-state index < -0.39 is 10.0 Å². The van der Waals surface area contributed by atoms with E-state index in [9.17, 15) is 13.2 Å². The van der Waals surface area contributed by atoms with Crippen LogP contribution >= 0.6 is 0 Å². The molecule has 0 spiro atoms. The third-order valence-corrected chi connectivity index (χ3v) is 5.08. The monoisotopic (exact) mass is 326 g/mol. The molecule has 0 saturated heterocycles. The first-order valence-electron chi connectivity index (χ1n) is 7.59. The SMILES string of the molecule is CCCCS(=O)(=O)NCCN(C(C)=O)c1ccc(C)c(C)c1. The summed E-state index contributed by atoms with van der Waals surface area (Å²) in [6.07, 6.45) is 1.48. The van der Waals surface area contributed by atoms with Crippen molar-refractivity contribution < 1.29 is 13.2 Å². The summed E-state index contributed by atoms with van der Waals surface area (Å²) in [5.41, 5.74) is 3.06. The molecule has 1 aromatic rings. The van der Waals surface area contributed by atoms with Crippen molar-refractivity contribution in [1.29, 1.82) is 0 Å². The molecule has 0 bridgehead atoms. The van der Waals surface area contributed by atoms with Crippen molar-refractivity contribution in [2.24, 2.45) is 0 Å². The van der Waals surface area contributed by atoms with Crippen molar-refractivity contribution in [3.8, 4) is 0 Å². The number of hydrogen-bond donors (Lipinski definition) is 1. The van der Waals surface area contributed by atoms with E-state index in [-0.39, 0.29) is 18.2 Å². The molecule has 22 heavy (non-hydrogen) atoms. The van der Waals surface area contributed by atoms with E-state index in [1.807, 2.05) is 39.0 Å². The zero-order valence-corrected chi connectivity index (χ0v) is 14.7. The highest BCUT2D eigenvalue weighted by Crippen LogP contribution is 2.18. The van der Waals surface area contributed by atoms with Gasteiger partial charge in [0.2, 0.25) is 15.9 Å². The average molecular weight is 326 g/mol. The molecule has 124 valence electrons. The molecule has 1 amide bonds. The maximum atomic E-state index is 11.8. The molecule has 1 rings (SSSR count). The Morgan fingerprint density at radius 2 is 1.91 bits per heavy atom. The van der Waals surface area contributed by atoms with Crippen LogP contribution in [0.1, 0.15) is 37.8 Å². The predicted molar refractivity (Wildman–Crippen MR) is 90.6 cm³/mol. The average Bonchev–Trinajstić information content (AvgIpc) is 2.44. The lowest BCUT2D eigenvalue weighted by molar-refractivity contribution is -0.116. The molecule has 0 aromatic heterocycles. The summed E-state index contributed by atoms with van der Waals surface area (Å²) in [6.45, 7) is 7.99. The number of unbranched alkanes of at least 4 members (excludes halogenated alkanes) is 1. The maximum absolute atomic E-state index is 11.8. The van der Waals surface area contributed by atoms with Gasteiger partial charge in [-0.25, -0.2) is 13.1 Å². The van der Waals surface area contributed by atoms with Crippen LogP contribution in [0, 0.1) is 13.8 Å². The van der Waals surface area contributed by atoms with E-state index in [0.29, 0.717) is 13.0 Å². The Balaban J connectivity index is 2.70. The zero-order valence-electron chi connectivity index (χ0n) is 13.8. The second-order valence-electron chi connectivity index (χ2n) is 5.51. The lowest BCUT2D eigenvalue weighted by atomic mass is 10.1. The van der Waals surface area contributed by atoms with Gasteiger partial charge in [0.15, 0.2) is 0 Å². The van der Waals surface area contributed by atoms with E-state index in [4.69, 9.17) is 0 Å². The summed E-state index contributed by atoms with van der Waals surface area (Å²) in [5, 5.41) is 0. The van der Waals surface area contributed by atoms with Crippen molar-refractivity contribution in [3.05, 3.63) is 29.3 Å². The summed E-state index contributed by atoms with van der Waals surface area (Å²) in [5.74, 6) is 0.0312. The number of benzene rings is 1. The number of aryl methyl sites for hydroxylation is 2. The van der Waals surface area contributed by atoms with Crippen LogP contribution < -0.4 is 9.62 Å². The first-order chi connectivity index (χ1) is 10.3. The maximum Gasteiger partial charge on any atom is 0.223 e. The van der Waals surface area contributed by atoms with Gasteiger partial charge in [-0.2, -0.15) is 0 Å². The molecule has 0 unspecified atom stereocenters. The number of carbonyl (C=O) groups is 1. The fourth-order valence-electron chi connectivity index (χ4n) is 2.08. The lowest BCUT2D eigenvalue weighted by Gasteiger charge is -2.22. The number of hydrogen-bond acceptors (Lipinski definition) is 3. The van der Waals surface area contributed by atoms with E-state index >= 15 is 0 Å². The van der Waals surface area contributed by atoms with Gasteiger partial charge in [-0.1, -0.05) is 19.4 Å². The number of anilines is 1. The summed E-state index contributed by atoms with van der Waals surface area (Å²) in [6, 6.07) is 5.80. The first-order valence-corrected chi connectivity index (χ1v) is 9.24. The van der Waals surface area contributed by atoms with Gasteiger partial charge in [-0.05, 0) is 43.5 Å². The minimum absolute atomic E-state index is 0.101. The highest BCUT2D eigenvalue weighted by Gasteiger charge is 2.14. The van der Waals surface area contributed by atoms with Crippen LogP contribution in [0.25, 0.3) is 0 Å². The second-order valence-corrected chi connectivity index (χ2v) is 7.43. The van der Waals surface area contributed by atoms with Crippen LogP contribution in [0.3, 0.4) is 0 Å². The van der Waals surface area contributed by atoms with E-state index in [0.717, 1.165) is 23.2 Å². The largest absolute Gasteiger partial charge is 0.311 e. The Bertz CT molecular complexity index is 612. The van der Waals surface area contributed by atoms with Gasteiger partial charge in [0.05, 0.1) is 5.75 Å². The topological polar surface area (TPSA) is 66.5 Å². The zero-order chi connectivity index (χ0) is 16.8. The van der Waals surface area contributed by atoms with Crippen molar-refractivity contribution >= 4 is 21.6 Å².